The zero-order chi connectivity index (χ0) is 13.5. The number of hydrogen-bond donors (Lipinski definition) is 1. The average molecular weight is 258 g/mol. The van der Waals surface area contributed by atoms with Crippen molar-refractivity contribution in [3.05, 3.63) is 35.4 Å². The second-order valence-corrected chi connectivity index (χ2v) is 6.73. The third-order valence-electron chi connectivity index (χ3n) is 5.56. The summed E-state index contributed by atoms with van der Waals surface area (Å²) in [5.41, 5.74) is 9.23. The molecule has 3 rings (SSSR count). The van der Waals surface area contributed by atoms with Gasteiger partial charge in [0.25, 0.3) is 0 Å². The van der Waals surface area contributed by atoms with Gasteiger partial charge in [-0.25, -0.2) is 0 Å². The number of nitrogens with zero attached hydrogens (tertiary/aromatic N) is 1. The maximum atomic E-state index is 6.20. The lowest BCUT2D eigenvalue weighted by Crippen LogP contribution is -2.55. The van der Waals surface area contributed by atoms with Gasteiger partial charge in [-0.3, -0.25) is 4.90 Å². The quantitative estimate of drug-likeness (QED) is 0.899. The second kappa shape index (κ2) is 4.92. The van der Waals surface area contributed by atoms with Gasteiger partial charge in [-0.2, -0.15) is 0 Å². The Kier molecular flexibility index (Phi) is 3.40. The molecule has 2 bridgehead atoms. The van der Waals surface area contributed by atoms with E-state index in [1.165, 1.54) is 36.8 Å². The van der Waals surface area contributed by atoms with Crippen molar-refractivity contribution in [3.8, 4) is 0 Å². The first kappa shape index (κ1) is 13.1. The normalized spacial score (nSPS) is 33.3. The van der Waals surface area contributed by atoms with Crippen LogP contribution in [0.15, 0.2) is 24.3 Å². The van der Waals surface area contributed by atoms with Crippen LogP contribution in [0.25, 0.3) is 0 Å². The molecule has 2 fully saturated rings. The summed E-state index contributed by atoms with van der Waals surface area (Å²) in [4.78, 5) is 2.55. The molecular formula is C17H26N2. The Bertz CT molecular complexity index is 456. The first-order valence-electron chi connectivity index (χ1n) is 7.61. The molecule has 2 heteroatoms. The molecule has 1 aromatic rings. The molecule has 1 aromatic carbocycles. The molecule has 0 aliphatic heterocycles. The average Bonchev–Trinajstić information content (AvgIpc) is 2.99. The molecule has 2 saturated carbocycles. The molecule has 0 amide bonds. The number of nitrogens with two attached hydrogens (primary N) is 1. The van der Waals surface area contributed by atoms with Crippen molar-refractivity contribution in [2.24, 2.45) is 17.6 Å². The van der Waals surface area contributed by atoms with Gasteiger partial charge in [0.05, 0.1) is 0 Å². The van der Waals surface area contributed by atoms with Gasteiger partial charge >= 0.3 is 0 Å². The molecule has 0 heterocycles. The van der Waals surface area contributed by atoms with Gasteiger partial charge in [0.2, 0.25) is 0 Å². The van der Waals surface area contributed by atoms with Crippen LogP contribution in [0.5, 0.6) is 0 Å². The van der Waals surface area contributed by atoms with Crippen molar-refractivity contribution in [1.82, 2.24) is 4.90 Å². The number of rotatable bonds is 4. The van der Waals surface area contributed by atoms with Crippen LogP contribution in [-0.4, -0.2) is 24.0 Å². The zero-order valence-electron chi connectivity index (χ0n) is 12.2. The zero-order valence-corrected chi connectivity index (χ0v) is 12.2. The Morgan fingerprint density at radius 3 is 2.79 bits per heavy atom. The van der Waals surface area contributed by atoms with E-state index in [-0.39, 0.29) is 5.54 Å². The van der Waals surface area contributed by atoms with Crippen molar-refractivity contribution < 1.29 is 0 Å². The highest BCUT2D eigenvalue weighted by Crippen LogP contribution is 2.52. The second-order valence-electron chi connectivity index (χ2n) is 6.73. The fraction of sp³-hybridized carbons (Fsp3) is 0.647. The highest BCUT2D eigenvalue weighted by molar-refractivity contribution is 5.22. The molecule has 2 N–H and O–H groups in total. The molecule has 2 aliphatic carbocycles. The van der Waals surface area contributed by atoms with Crippen molar-refractivity contribution in [3.63, 3.8) is 0 Å². The highest BCUT2D eigenvalue weighted by atomic mass is 15.2. The summed E-state index contributed by atoms with van der Waals surface area (Å²) in [6.07, 6.45) is 5.55. The fourth-order valence-electron chi connectivity index (χ4n) is 4.53. The Morgan fingerprint density at radius 1 is 1.37 bits per heavy atom. The third-order valence-corrected chi connectivity index (χ3v) is 5.56. The highest BCUT2D eigenvalue weighted by Gasteiger charge is 2.52. The predicted molar refractivity (Wildman–Crippen MR) is 79.9 cm³/mol. The van der Waals surface area contributed by atoms with Crippen LogP contribution >= 0.6 is 0 Å². The lowest BCUT2D eigenvalue weighted by molar-refractivity contribution is 0.0591. The summed E-state index contributed by atoms with van der Waals surface area (Å²) in [5.74, 6) is 1.77. The van der Waals surface area contributed by atoms with Crippen LogP contribution in [0.1, 0.15) is 36.8 Å². The summed E-state index contributed by atoms with van der Waals surface area (Å²) in [6.45, 7) is 4.01. The van der Waals surface area contributed by atoms with Gasteiger partial charge in [0, 0.05) is 18.6 Å². The minimum Gasteiger partial charge on any atom is -0.329 e. The van der Waals surface area contributed by atoms with Crippen LogP contribution < -0.4 is 5.73 Å². The maximum Gasteiger partial charge on any atom is 0.0363 e. The lowest BCUT2D eigenvalue weighted by atomic mass is 9.79. The summed E-state index contributed by atoms with van der Waals surface area (Å²) in [6, 6.07) is 8.86. The Morgan fingerprint density at radius 2 is 2.21 bits per heavy atom. The summed E-state index contributed by atoms with van der Waals surface area (Å²) < 4.78 is 0. The van der Waals surface area contributed by atoms with E-state index >= 15 is 0 Å². The lowest BCUT2D eigenvalue weighted by Gasteiger charge is -2.44. The molecule has 3 unspecified atom stereocenters. The van der Waals surface area contributed by atoms with Crippen molar-refractivity contribution >= 4 is 0 Å². The van der Waals surface area contributed by atoms with E-state index in [9.17, 15) is 0 Å². The molecule has 0 aromatic heterocycles. The van der Waals surface area contributed by atoms with Crippen LogP contribution in [0.2, 0.25) is 0 Å². The van der Waals surface area contributed by atoms with Gasteiger partial charge in [-0.1, -0.05) is 36.2 Å². The number of fused-ring (bicyclic) bond motifs is 2. The van der Waals surface area contributed by atoms with Crippen molar-refractivity contribution in [2.45, 2.75) is 44.7 Å². The molecule has 2 nitrogen and oxygen atoms in total. The smallest absolute Gasteiger partial charge is 0.0363 e. The van der Waals surface area contributed by atoms with E-state index in [0.717, 1.165) is 24.9 Å². The minimum absolute atomic E-state index is 0.270. The van der Waals surface area contributed by atoms with E-state index in [4.69, 9.17) is 5.73 Å². The minimum atomic E-state index is 0.270. The Labute approximate surface area is 117 Å². The third kappa shape index (κ3) is 2.21. The van der Waals surface area contributed by atoms with E-state index in [1.807, 2.05) is 0 Å². The Hall–Kier alpha value is -0.860. The number of likely N-dealkylation sites (N-methyl/N-ethyl adjacent to an activating group) is 1. The van der Waals surface area contributed by atoms with Crippen LogP contribution in [-0.2, 0) is 6.54 Å². The topological polar surface area (TPSA) is 29.3 Å². The Balaban J connectivity index is 1.77. The van der Waals surface area contributed by atoms with E-state index < -0.39 is 0 Å². The fourth-order valence-corrected chi connectivity index (χ4v) is 4.53. The van der Waals surface area contributed by atoms with E-state index in [2.05, 4.69) is 43.1 Å². The van der Waals surface area contributed by atoms with Crippen molar-refractivity contribution in [2.75, 3.05) is 13.6 Å². The van der Waals surface area contributed by atoms with Gasteiger partial charge in [0.1, 0.15) is 0 Å². The van der Waals surface area contributed by atoms with E-state index in [1.54, 1.807) is 0 Å². The number of aryl methyl sites for hydroxylation is 1. The monoisotopic (exact) mass is 258 g/mol. The SMILES string of the molecule is Cc1cccc(CN(C)C2(CN)CC3CCC2C3)c1. The molecule has 0 spiro atoms. The van der Waals surface area contributed by atoms with Gasteiger partial charge < -0.3 is 5.73 Å². The summed E-state index contributed by atoms with van der Waals surface area (Å²) in [5, 5.41) is 0. The van der Waals surface area contributed by atoms with Gasteiger partial charge in [-0.05, 0) is 50.6 Å². The first-order chi connectivity index (χ1) is 9.14. The van der Waals surface area contributed by atoms with Gasteiger partial charge in [0.15, 0.2) is 0 Å². The standard InChI is InChI=1S/C17H26N2/c1-13-4-3-5-15(8-13)11-19(2)17(12-18)10-14-6-7-16(17)9-14/h3-5,8,14,16H,6-7,9-12,18H2,1-2H3. The number of benzene rings is 1. The summed E-state index contributed by atoms with van der Waals surface area (Å²) >= 11 is 0. The predicted octanol–water partition coefficient (Wildman–Crippen LogP) is 2.94. The van der Waals surface area contributed by atoms with Gasteiger partial charge in [-0.15, -0.1) is 0 Å². The molecule has 19 heavy (non-hydrogen) atoms. The van der Waals surface area contributed by atoms with Crippen LogP contribution in [0, 0.1) is 18.8 Å². The molecular weight excluding hydrogens is 232 g/mol. The number of hydrogen-bond acceptors (Lipinski definition) is 2. The molecule has 0 radical (unpaired) electrons. The first-order valence-corrected chi connectivity index (χ1v) is 7.61. The maximum absolute atomic E-state index is 6.20. The molecule has 104 valence electrons. The molecule has 3 atom stereocenters. The molecule has 2 aliphatic rings. The van der Waals surface area contributed by atoms with Crippen LogP contribution in [0.4, 0.5) is 0 Å². The molecule has 0 saturated heterocycles. The van der Waals surface area contributed by atoms with E-state index in [0.29, 0.717) is 0 Å². The summed E-state index contributed by atoms with van der Waals surface area (Å²) in [7, 11) is 2.27. The largest absolute Gasteiger partial charge is 0.329 e. The van der Waals surface area contributed by atoms with Crippen molar-refractivity contribution in [1.29, 1.82) is 0 Å². The van der Waals surface area contributed by atoms with Crippen LogP contribution in [0.3, 0.4) is 0 Å².